The fourth-order valence-electron chi connectivity index (χ4n) is 1.49. The van der Waals surface area contributed by atoms with Crippen LogP contribution >= 0.6 is 11.6 Å². The third-order valence-corrected chi connectivity index (χ3v) is 2.33. The number of allylic oxidation sites excluding steroid dienone is 1. The van der Waals surface area contributed by atoms with Crippen molar-refractivity contribution < 1.29 is 14.3 Å². The molecule has 0 radical (unpaired) electrons. The first-order valence-corrected chi connectivity index (χ1v) is 5.35. The topological polar surface area (TPSA) is 35.5 Å². The van der Waals surface area contributed by atoms with Crippen molar-refractivity contribution in [3.8, 4) is 0 Å². The van der Waals surface area contributed by atoms with E-state index in [4.69, 9.17) is 21.1 Å². The minimum atomic E-state index is -0.449. The highest BCUT2D eigenvalue weighted by Gasteiger charge is 2.20. The van der Waals surface area contributed by atoms with Crippen LogP contribution in [0.2, 0.25) is 0 Å². The van der Waals surface area contributed by atoms with Crippen LogP contribution in [0.15, 0.2) is 42.4 Å². The molecule has 1 aliphatic heterocycles. The highest BCUT2D eigenvalue weighted by atomic mass is 35.5. The van der Waals surface area contributed by atoms with Gasteiger partial charge in [-0.25, -0.2) is 0 Å². The summed E-state index contributed by atoms with van der Waals surface area (Å²) in [6.45, 7) is 0. The Balaban J connectivity index is 1.85. The number of carbonyl (C=O) groups excluding carboxylic acids is 1. The van der Waals surface area contributed by atoms with Crippen LogP contribution in [0.3, 0.4) is 0 Å². The zero-order chi connectivity index (χ0) is 11.4. The quantitative estimate of drug-likeness (QED) is 0.757. The number of carbonyl (C=O) groups is 1. The maximum Gasteiger partial charge on any atom is 0.244 e. The van der Waals surface area contributed by atoms with E-state index in [9.17, 15) is 4.79 Å². The molecule has 3 nitrogen and oxygen atoms in total. The molecule has 0 aromatic heterocycles. The summed E-state index contributed by atoms with van der Waals surface area (Å²) in [6, 6.07) is 9.87. The number of hydrogen-bond donors (Lipinski definition) is 0. The van der Waals surface area contributed by atoms with Crippen molar-refractivity contribution in [2.75, 3.05) is 0 Å². The first-order chi connectivity index (χ1) is 7.74. The SMILES string of the molecule is O=C(Cl)CC1=CO[C@@H](Cc2ccccc2)O1. The Kier molecular flexibility index (Phi) is 3.47. The number of halogens is 1. The molecule has 0 N–H and O–H groups in total. The minimum Gasteiger partial charge on any atom is -0.459 e. The van der Waals surface area contributed by atoms with E-state index >= 15 is 0 Å². The van der Waals surface area contributed by atoms with Crippen molar-refractivity contribution in [3.05, 3.63) is 47.9 Å². The van der Waals surface area contributed by atoms with Gasteiger partial charge >= 0.3 is 0 Å². The van der Waals surface area contributed by atoms with E-state index in [0.717, 1.165) is 5.56 Å². The molecule has 1 atom stereocenters. The molecular formula is C12H11ClO3. The van der Waals surface area contributed by atoms with Crippen LogP contribution in [-0.4, -0.2) is 11.5 Å². The molecule has 0 unspecified atom stereocenters. The summed E-state index contributed by atoms with van der Waals surface area (Å²) < 4.78 is 10.7. The lowest BCUT2D eigenvalue weighted by Gasteiger charge is -2.11. The summed E-state index contributed by atoms with van der Waals surface area (Å²) in [7, 11) is 0. The molecule has 0 bridgehead atoms. The Morgan fingerprint density at radius 1 is 1.31 bits per heavy atom. The maximum atomic E-state index is 10.7. The zero-order valence-corrected chi connectivity index (χ0v) is 9.31. The number of benzene rings is 1. The van der Waals surface area contributed by atoms with E-state index in [2.05, 4.69) is 0 Å². The molecule has 0 saturated carbocycles. The van der Waals surface area contributed by atoms with E-state index < -0.39 is 5.24 Å². The lowest BCUT2D eigenvalue weighted by Crippen LogP contribution is -2.12. The molecule has 1 aromatic carbocycles. The van der Waals surface area contributed by atoms with Crippen molar-refractivity contribution >= 4 is 16.8 Å². The Morgan fingerprint density at radius 2 is 2.06 bits per heavy atom. The van der Waals surface area contributed by atoms with E-state index in [1.54, 1.807) is 0 Å². The van der Waals surface area contributed by atoms with Gasteiger partial charge in [-0.2, -0.15) is 0 Å². The Hall–Kier alpha value is -1.48. The Morgan fingerprint density at radius 3 is 2.75 bits per heavy atom. The van der Waals surface area contributed by atoms with Gasteiger partial charge in [-0.15, -0.1) is 0 Å². The molecule has 1 aliphatic rings. The first kappa shape index (κ1) is 11.0. The molecule has 1 heterocycles. The third kappa shape index (κ3) is 3.00. The van der Waals surface area contributed by atoms with Crippen LogP contribution in [-0.2, 0) is 20.7 Å². The monoisotopic (exact) mass is 238 g/mol. The molecule has 0 saturated heterocycles. The predicted octanol–water partition coefficient (Wildman–Crippen LogP) is 2.60. The summed E-state index contributed by atoms with van der Waals surface area (Å²) in [4.78, 5) is 10.7. The van der Waals surface area contributed by atoms with Gasteiger partial charge < -0.3 is 9.47 Å². The molecule has 0 spiro atoms. The van der Waals surface area contributed by atoms with Gasteiger partial charge in [0, 0.05) is 6.42 Å². The predicted molar refractivity (Wildman–Crippen MR) is 59.7 cm³/mol. The Labute approximate surface area is 98.6 Å². The van der Waals surface area contributed by atoms with E-state index in [-0.39, 0.29) is 12.7 Å². The largest absolute Gasteiger partial charge is 0.459 e. The van der Waals surface area contributed by atoms with Gasteiger partial charge in [-0.3, -0.25) is 4.79 Å². The average Bonchev–Trinajstić information content (AvgIpc) is 2.66. The molecule has 84 valence electrons. The molecule has 0 aliphatic carbocycles. The maximum absolute atomic E-state index is 10.7. The summed E-state index contributed by atoms with van der Waals surface area (Å²) in [5.41, 5.74) is 1.12. The van der Waals surface area contributed by atoms with Gasteiger partial charge in [0.15, 0.2) is 0 Å². The lowest BCUT2D eigenvalue weighted by molar-refractivity contribution is -0.112. The molecule has 0 fully saturated rings. The first-order valence-electron chi connectivity index (χ1n) is 4.97. The summed E-state index contributed by atoms with van der Waals surface area (Å²) >= 11 is 5.25. The van der Waals surface area contributed by atoms with Crippen LogP contribution in [0.4, 0.5) is 0 Å². The second kappa shape index (κ2) is 5.03. The van der Waals surface area contributed by atoms with Crippen LogP contribution in [0, 0.1) is 0 Å². The van der Waals surface area contributed by atoms with Crippen LogP contribution in [0.25, 0.3) is 0 Å². The smallest absolute Gasteiger partial charge is 0.244 e. The molecule has 1 aromatic rings. The number of ether oxygens (including phenoxy) is 2. The standard InChI is InChI=1S/C12H11ClO3/c13-11(14)7-10-8-15-12(16-10)6-9-4-2-1-3-5-9/h1-5,8,12H,6-7H2/t12-/m1/s1. The molecular weight excluding hydrogens is 228 g/mol. The molecule has 16 heavy (non-hydrogen) atoms. The van der Waals surface area contributed by atoms with Crippen molar-refractivity contribution in [2.45, 2.75) is 19.1 Å². The van der Waals surface area contributed by atoms with Crippen molar-refractivity contribution in [2.24, 2.45) is 0 Å². The number of hydrogen-bond acceptors (Lipinski definition) is 3. The molecule has 4 heteroatoms. The van der Waals surface area contributed by atoms with Crippen molar-refractivity contribution in [1.29, 1.82) is 0 Å². The van der Waals surface area contributed by atoms with E-state index in [1.807, 2.05) is 30.3 Å². The van der Waals surface area contributed by atoms with Gasteiger partial charge in [-0.05, 0) is 17.2 Å². The second-order valence-electron chi connectivity index (χ2n) is 3.49. The summed E-state index contributed by atoms with van der Waals surface area (Å²) in [5, 5.41) is -0.449. The highest BCUT2D eigenvalue weighted by Crippen LogP contribution is 2.21. The fraction of sp³-hybridized carbons (Fsp3) is 0.250. The summed E-state index contributed by atoms with van der Waals surface area (Å²) in [5.74, 6) is 0.487. The zero-order valence-electron chi connectivity index (χ0n) is 8.56. The van der Waals surface area contributed by atoms with Crippen LogP contribution in [0.5, 0.6) is 0 Å². The molecule has 2 rings (SSSR count). The number of rotatable bonds is 4. The van der Waals surface area contributed by atoms with E-state index in [1.165, 1.54) is 6.26 Å². The van der Waals surface area contributed by atoms with Gasteiger partial charge in [0.2, 0.25) is 11.5 Å². The van der Waals surface area contributed by atoms with Crippen LogP contribution in [0.1, 0.15) is 12.0 Å². The van der Waals surface area contributed by atoms with Crippen molar-refractivity contribution in [1.82, 2.24) is 0 Å². The average molecular weight is 239 g/mol. The van der Waals surface area contributed by atoms with Crippen molar-refractivity contribution in [3.63, 3.8) is 0 Å². The van der Waals surface area contributed by atoms with Gasteiger partial charge in [0.05, 0.1) is 6.42 Å². The van der Waals surface area contributed by atoms with Gasteiger partial charge in [0.25, 0.3) is 0 Å². The Bertz CT molecular complexity index is 400. The van der Waals surface area contributed by atoms with Gasteiger partial charge in [-0.1, -0.05) is 30.3 Å². The second-order valence-corrected chi connectivity index (χ2v) is 3.91. The summed E-state index contributed by atoms with van der Waals surface area (Å²) in [6.07, 6.45) is 1.83. The fourth-order valence-corrected chi connectivity index (χ4v) is 1.62. The third-order valence-electron chi connectivity index (χ3n) is 2.19. The highest BCUT2D eigenvalue weighted by molar-refractivity contribution is 6.63. The lowest BCUT2D eigenvalue weighted by atomic mass is 10.1. The minimum absolute atomic E-state index is 0.0762. The van der Waals surface area contributed by atoms with E-state index in [0.29, 0.717) is 12.2 Å². The normalized spacial score (nSPS) is 18.6. The molecule has 0 amide bonds. The van der Waals surface area contributed by atoms with Crippen LogP contribution < -0.4 is 0 Å². The van der Waals surface area contributed by atoms with Gasteiger partial charge in [0.1, 0.15) is 12.0 Å².